The van der Waals surface area contributed by atoms with E-state index in [4.69, 9.17) is 5.73 Å². The number of nitrogens with zero attached hydrogens (tertiary/aromatic N) is 4. The standard InChI is InChI=1S/C6H11N5S/c1-11-6(8-9-10-11)12-5-3-2-4-7/h2-3H,4-5,7H2,1H3. The van der Waals surface area contributed by atoms with Crippen LogP contribution in [0.4, 0.5) is 0 Å². The van der Waals surface area contributed by atoms with E-state index in [-0.39, 0.29) is 0 Å². The van der Waals surface area contributed by atoms with Crippen molar-refractivity contribution < 1.29 is 0 Å². The fourth-order valence-corrected chi connectivity index (χ4v) is 1.33. The van der Waals surface area contributed by atoms with Gasteiger partial charge in [0.05, 0.1) is 0 Å². The van der Waals surface area contributed by atoms with Gasteiger partial charge in [0, 0.05) is 19.3 Å². The Morgan fingerprint density at radius 3 is 3.00 bits per heavy atom. The second kappa shape index (κ2) is 4.89. The highest BCUT2D eigenvalue weighted by Crippen LogP contribution is 2.11. The molecule has 0 aromatic carbocycles. The minimum absolute atomic E-state index is 0.581. The molecule has 0 aliphatic heterocycles. The summed E-state index contributed by atoms with van der Waals surface area (Å²) in [5.41, 5.74) is 5.28. The van der Waals surface area contributed by atoms with Gasteiger partial charge in [-0.2, -0.15) is 0 Å². The summed E-state index contributed by atoms with van der Waals surface area (Å²) in [6.45, 7) is 0.581. The van der Waals surface area contributed by atoms with Crippen LogP contribution in [0.1, 0.15) is 0 Å². The van der Waals surface area contributed by atoms with Gasteiger partial charge < -0.3 is 5.73 Å². The van der Waals surface area contributed by atoms with E-state index in [1.807, 2.05) is 19.2 Å². The van der Waals surface area contributed by atoms with Crippen LogP contribution in [0.2, 0.25) is 0 Å². The van der Waals surface area contributed by atoms with Crippen LogP contribution in [0, 0.1) is 0 Å². The zero-order valence-electron chi connectivity index (χ0n) is 6.84. The predicted molar refractivity (Wildman–Crippen MR) is 47.7 cm³/mol. The maximum absolute atomic E-state index is 5.28. The maximum atomic E-state index is 5.28. The molecule has 1 aromatic heterocycles. The van der Waals surface area contributed by atoms with Gasteiger partial charge in [0.1, 0.15) is 0 Å². The topological polar surface area (TPSA) is 69.6 Å². The summed E-state index contributed by atoms with van der Waals surface area (Å²) in [5.74, 6) is 0.853. The molecular weight excluding hydrogens is 174 g/mol. The molecule has 1 aromatic rings. The maximum Gasteiger partial charge on any atom is 0.209 e. The van der Waals surface area contributed by atoms with Gasteiger partial charge in [0.15, 0.2) is 0 Å². The Morgan fingerprint density at radius 1 is 1.58 bits per heavy atom. The second-order valence-corrected chi connectivity index (χ2v) is 3.09. The van der Waals surface area contributed by atoms with Crippen molar-refractivity contribution in [2.24, 2.45) is 12.8 Å². The first kappa shape index (κ1) is 9.21. The SMILES string of the molecule is Cn1nnnc1SCC=CCN. The molecule has 0 amide bonds. The summed E-state index contributed by atoms with van der Waals surface area (Å²) >= 11 is 1.58. The van der Waals surface area contributed by atoms with Crippen LogP contribution >= 0.6 is 11.8 Å². The molecule has 66 valence electrons. The summed E-state index contributed by atoms with van der Waals surface area (Å²) in [6.07, 6.45) is 3.91. The van der Waals surface area contributed by atoms with Gasteiger partial charge in [-0.25, -0.2) is 4.68 Å². The Kier molecular flexibility index (Phi) is 3.75. The smallest absolute Gasteiger partial charge is 0.209 e. The van der Waals surface area contributed by atoms with Crippen LogP contribution < -0.4 is 5.73 Å². The first-order valence-electron chi connectivity index (χ1n) is 3.55. The van der Waals surface area contributed by atoms with Crippen LogP contribution in [0.3, 0.4) is 0 Å². The number of aryl methyl sites for hydroxylation is 1. The number of aromatic nitrogens is 4. The lowest BCUT2D eigenvalue weighted by molar-refractivity contribution is 0.665. The lowest BCUT2D eigenvalue weighted by Crippen LogP contribution is -1.94. The molecule has 0 radical (unpaired) electrons. The lowest BCUT2D eigenvalue weighted by Gasteiger charge is -1.92. The van der Waals surface area contributed by atoms with E-state index < -0.39 is 0 Å². The average Bonchev–Trinajstić information content (AvgIpc) is 2.46. The number of nitrogens with two attached hydrogens (primary N) is 1. The van der Waals surface area contributed by atoms with Crippen molar-refractivity contribution in [1.29, 1.82) is 0 Å². The van der Waals surface area contributed by atoms with E-state index in [9.17, 15) is 0 Å². The molecule has 0 unspecified atom stereocenters. The fraction of sp³-hybridized carbons (Fsp3) is 0.500. The van der Waals surface area contributed by atoms with Crippen LogP contribution in [-0.4, -0.2) is 32.5 Å². The summed E-state index contributed by atoms with van der Waals surface area (Å²) < 4.78 is 1.64. The van der Waals surface area contributed by atoms with Crippen LogP contribution in [-0.2, 0) is 7.05 Å². The molecule has 0 saturated heterocycles. The van der Waals surface area contributed by atoms with Gasteiger partial charge in [-0.05, 0) is 10.4 Å². The van der Waals surface area contributed by atoms with E-state index in [1.54, 1.807) is 16.4 Å². The number of tetrazole rings is 1. The summed E-state index contributed by atoms with van der Waals surface area (Å²) in [7, 11) is 1.81. The van der Waals surface area contributed by atoms with E-state index in [2.05, 4.69) is 15.5 Å². The van der Waals surface area contributed by atoms with Crippen molar-refractivity contribution >= 4 is 11.8 Å². The number of hydrogen-bond acceptors (Lipinski definition) is 5. The monoisotopic (exact) mass is 185 g/mol. The Labute approximate surface area is 75.0 Å². The Bertz CT molecular complexity index is 256. The molecule has 2 N–H and O–H groups in total. The Balaban J connectivity index is 2.33. The summed E-state index contributed by atoms with van der Waals surface area (Å²) in [6, 6.07) is 0. The molecule has 0 fully saturated rings. The molecule has 1 rings (SSSR count). The minimum atomic E-state index is 0.581. The molecule has 6 heteroatoms. The van der Waals surface area contributed by atoms with Gasteiger partial charge in [-0.15, -0.1) is 5.10 Å². The lowest BCUT2D eigenvalue weighted by atomic mass is 10.5. The third kappa shape index (κ3) is 2.63. The van der Waals surface area contributed by atoms with Crippen LogP contribution in [0.5, 0.6) is 0 Å². The molecular formula is C6H11N5S. The second-order valence-electron chi connectivity index (χ2n) is 2.10. The molecule has 1 heterocycles. The number of thioether (sulfide) groups is 1. The van der Waals surface area contributed by atoms with E-state index in [0.29, 0.717) is 6.54 Å². The minimum Gasteiger partial charge on any atom is -0.327 e. The molecule has 0 aliphatic rings. The van der Waals surface area contributed by atoms with Crippen molar-refractivity contribution in [3.63, 3.8) is 0 Å². The zero-order chi connectivity index (χ0) is 8.81. The molecule has 0 bridgehead atoms. The Morgan fingerprint density at radius 2 is 2.42 bits per heavy atom. The van der Waals surface area contributed by atoms with Crippen molar-refractivity contribution in [1.82, 2.24) is 20.2 Å². The molecule has 12 heavy (non-hydrogen) atoms. The average molecular weight is 185 g/mol. The highest BCUT2D eigenvalue weighted by Gasteiger charge is 1.99. The number of rotatable bonds is 4. The van der Waals surface area contributed by atoms with Gasteiger partial charge in [0.25, 0.3) is 0 Å². The quantitative estimate of drug-likeness (QED) is 0.520. The molecule has 0 aliphatic carbocycles. The zero-order valence-corrected chi connectivity index (χ0v) is 7.66. The summed E-state index contributed by atoms with van der Waals surface area (Å²) in [5, 5.41) is 11.8. The predicted octanol–water partition coefficient (Wildman–Crippen LogP) is -0.183. The van der Waals surface area contributed by atoms with Gasteiger partial charge in [0.2, 0.25) is 5.16 Å². The van der Waals surface area contributed by atoms with Crippen molar-refractivity contribution in [2.75, 3.05) is 12.3 Å². The number of hydrogen-bond donors (Lipinski definition) is 1. The van der Waals surface area contributed by atoms with Crippen molar-refractivity contribution in [2.45, 2.75) is 5.16 Å². The van der Waals surface area contributed by atoms with Crippen LogP contribution in [0.15, 0.2) is 17.3 Å². The summed E-state index contributed by atoms with van der Waals surface area (Å²) in [4.78, 5) is 0. The van der Waals surface area contributed by atoms with Gasteiger partial charge >= 0.3 is 0 Å². The normalized spacial score (nSPS) is 11.2. The third-order valence-corrected chi connectivity index (χ3v) is 2.16. The largest absolute Gasteiger partial charge is 0.327 e. The van der Waals surface area contributed by atoms with Gasteiger partial charge in [-0.1, -0.05) is 23.9 Å². The van der Waals surface area contributed by atoms with Crippen molar-refractivity contribution in [3.05, 3.63) is 12.2 Å². The van der Waals surface area contributed by atoms with E-state index in [0.717, 1.165) is 10.9 Å². The highest BCUT2D eigenvalue weighted by atomic mass is 32.2. The Hall–Kier alpha value is -0.880. The molecule has 0 spiro atoms. The van der Waals surface area contributed by atoms with Crippen molar-refractivity contribution in [3.8, 4) is 0 Å². The first-order chi connectivity index (χ1) is 5.84. The third-order valence-electron chi connectivity index (χ3n) is 1.19. The first-order valence-corrected chi connectivity index (χ1v) is 4.53. The van der Waals surface area contributed by atoms with E-state index >= 15 is 0 Å². The van der Waals surface area contributed by atoms with Gasteiger partial charge in [-0.3, -0.25) is 0 Å². The fourth-order valence-electron chi connectivity index (χ4n) is 0.630. The van der Waals surface area contributed by atoms with Crippen LogP contribution in [0.25, 0.3) is 0 Å². The highest BCUT2D eigenvalue weighted by molar-refractivity contribution is 7.99. The molecule has 0 atom stereocenters. The molecule has 0 saturated carbocycles. The molecule has 5 nitrogen and oxygen atoms in total. The van der Waals surface area contributed by atoms with E-state index in [1.165, 1.54) is 0 Å².